The minimum Gasteiger partial charge on any atom is -0.497 e. The summed E-state index contributed by atoms with van der Waals surface area (Å²) in [6.07, 6.45) is 1.17. The Hall–Kier alpha value is -2.31. The van der Waals surface area contributed by atoms with Crippen molar-refractivity contribution in [2.45, 2.75) is 11.4 Å². The largest absolute Gasteiger partial charge is 0.497 e. The number of para-hydroxylation sites is 1. The Kier molecular flexibility index (Phi) is 4.87. The van der Waals surface area contributed by atoms with Crippen LogP contribution in [0.15, 0.2) is 64.4 Å². The Morgan fingerprint density at radius 2 is 1.96 bits per heavy atom. The van der Waals surface area contributed by atoms with Crippen LogP contribution in [0.4, 0.5) is 5.69 Å². The van der Waals surface area contributed by atoms with Crippen molar-refractivity contribution >= 4 is 40.6 Å². The lowest BCUT2D eigenvalue weighted by Gasteiger charge is -2.32. The molecule has 0 atom stereocenters. The fraction of sp³-hybridized carbons (Fsp3) is 0.111. The molecule has 0 spiro atoms. The third-order valence-corrected chi connectivity index (χ3v) is 5.25. The molecule has 2 aromatic carbocycles. The summed E-state index contributed by atoms with van der Waals surface area (Å²) in [7, 11) is 1.63. The quantitative estimate of drug-likeness (QED) is 0.657. The zero-order valence-electron chi connectivity index (χ0n) is 12.9. The van der Waals surface area contributed by atoms with Crippen molar-refractivity contribution in [3.8, 4) is 5.75 Å². The summed E-state index contributed by atoms with van der Waals surface area (Å²) >= 11 is 6.93. The highest BCUT2D eigenvalue weighted by Gasteiger charge is 2.26. The predicted octanol–water partition coefficient (Wildman–Crippen LogP) is 4.10. The summed E-state index contributed by atoms with van der Waals surface area (Å²) in [5.41, 5.74) is 2.06. The summed E-state index contributed by atoms with van der Waals surface area (Å²) in [6, 6.07) is 15.6. The minimum absolute atomic E-state index is 0.525. The van der Waals surface area contributed by atoms with Crippen molar-refractivity contribution < 1.29 is 14.6 Å². The second-order valence-corrected chi connectivity index (χ2v) is 6.63. The van der Waals surface area contributed by atoms with Gasteiger partial charge in [0.2, 0.25) is 0 Å². The average Bonchev–Trinajstić information content (AvgIpc) is 2.58. The van der Waals surface area contributed by atoms with E-state index >= 15 is 0 Å². The Labute approximate surface area is 149 Å². The number of fused-ring (bicyclic) bond motifs is 1. The number of anilines is 1. The number of hydrogen-bond donors (Lipinski definition) is 1. The van der Waals surface area contributed by atoms with Gasteiger partial charge in [-0.15, -0.1) is 0 Å². The summed E-state index contributed by atoms with van der Waals surface area (Å²) < 4.78 is 5.18. The molecule has 1 aliphatic rings. The van der Waals surface area contributed by atoms with Gasteiger partial charge < -0.3 is 14.7 Å². The van der Waals surface area contributed by atoms with Crippen molar-refractivity contribution in [3.05, 3.63) is 65.1 Å². The molecule has 4 nitrogen and oxygen atoms in total. The summed E-state index contributed by atoms with van der Waals surface area (Å²) in [5.74, 6) is -0.203. The van der Waals surface area contributed by atoms with Crippen LogP contribution in [0.2, 0.25) is 0 Å². The van der Waals surface area contributed by atoms with Gasteiger partial charge in [0.1, 0.15) is 10.7 Å². The second kappa shape index (κ2) is 7.07. The van der Waals surface area contributed by atoms with Crippen LogP contribution in [0.25, 0.3) is 0 Å². The van der Waals surface area contributed by atoms with Gasteiger partial charge >= 0.3 is 5.97 Å². The summed E-state index contributed by atoms with van der Waals surface area (Å²) in [4.78, 5) is 15.1. The topological polar surface area (TPSA) is 49.8 Å². The molecule has 0 aromatic heterocycles. The molecule has 122 valence electrons. The number of methoxy groups -OCH3 is 1. The van der Waals surface area contributed by atoms with E-state index in [0.29, 0.717) is 16.4 Å². The van der Waals surface area contributed by atoms with Crippen LogP contribution >= 0.6 is 24.0 Å². The SMILES string of the molecule is COc1ccc(CN2C(=S)C(=CC(=O)O)Sc3ccccc32)cc1. The van der Waals surface area contributed by atoms with Gasteiger partial charge in [0.05, 0.1) is 17.7 Å². The lowest BCUT2D eigenvalue weighted by molar-refractivity contribution is -0.131. The first-order valence-electron chi connectivity index (χ1n) is 7.25. The van der Waals surface area contributed by atoms with E-state index in [0.717, 1.165) is 21.9 Å². The first kappa shape index (κ1) is 16.5. The fourth-order valence-corrected chi connectivity index (χ4v) is 3.82. The maximum absolute atomic E-state index is 11.1. The van der Waals surface area contributed by atoms with Gasteiger partial charge in [0.25, 0.3) is 0 Å². The molecule has 0 bridgehead atoms. The van der Waals surface area contributed by atoms with Crippen LogP contribution in [0.1, 0.15) is 5.56 Å². The van der Waals surface area contributed by atoms with Crippen LogP contribution in [-0.2, 0) is 11.3 Å². The Morgan fingerprint density at radius 3 is 2.62 bits per heavy atom. The lowest BCUT2D eigenvalue weighted by Crippen LogP contribution is -2.32. The number of ether oxygens (including phenoxy) is 1. The highest BCUT2D eigenvalue weighted by atomic mass is 32.2. The monoisotopic (exact) mass is 357 g/mol. The van der Waals surface area contributed by atoms with E-state index in [2.05, 4.69) is 0 Å². The van der Waals surface area contributed by atoms with Gasteiger partial charge in [0, 0.05) is 17.5 Å². The smallest absolute Gasteiger partial charge is 0.329 e. The normalized spacial score (nSPS) is 15.3. The van der Waals surface area contributed by atoms with Crippen LogP contribution in [0.5, 0.6) is 5.75 Å². The zero-order valence-corrected chi connectivity index (χ0v) is 14.6. The number of rotatable bonds is 4. The van der Waals surface area contributed by atoms with Gasteiger partial charge in [0.15, 0.2) is 0 Å². The van der Waals surface area contributed by atoms with E-state index < -0.39 is 5.97 Å². The van der Waals surface area contributed by atoms with Gasteiger partial charge in [-0.05, 0) is 29.8 Å². The summed E-state index contributed by atoms with van der Waals surface area (Å²) in [5, 5.41) is 9.08. The number of nitrogens with zero attached hydrogens (tertiary/aromatic N) is 1. The van der Waals surface area contributed by atoms with Gasteiger partial charge in [-0.25, -0.2) is 4.79 Å². The number of carboxylic acids is 1. The standard InChI is InChI=1S/C18H15NO3S2/c1-22-13-8-6-12(7-9-13)11-19-14-4-2-3-5-15(14)24-16(18(19)23)10-17(20)21/h2-10H,11H2,1H3,(H,20,21). The van der Waals surface area contributed by atoms with E-state index in [9.17, 15) is 4.79 Å². The number of hydrogen-bond acceptors (Lipinski definition) is 4. The highest BCUT2D eigenvalue weighted by Crippen LogP contribution is 2.42. The molecular formula is C18H15NO3S2. The van der Waals surface area contributed by atoms with Crippen molar-refractivity contribution in [1.82, 2.24) is 0 Å². The first-order chi connectivity index (χ1) is 11.6. The van der Waals surface area contributed by atoms with Crippen molar-refractivity contribution in [2.75, 3.05) is 12.0 Å². The van der Waals surface area contributed by atoms with Crippen molar-refractivity contribution in [2.24, 2.45) is 0 Å². The van der Waals surface area contributed by atoms with Gasteiger partial charge in [-0.2, -0.15) is 0 Å². The van der Waals surface area contributed by atoms with Crippen LogP contribution < -0.4 is 9.64 Å². The molecule has 0 aliphatic carbocycles. The highest BCUT2D eigenvalue weighted by molar-refractivity contribution is 8.05. The van der Waals surface area contributed by atoms with Crippen molar-refractivity contribution in [1.29, 1.82) is 0 Å². The molecular weight excluding hydrogens is 342 g/mol. The molecule has 1 heterocycles. The van der Waals surface area contributed by atoms with Crippen LogP contribution in [-0.4, -0.2) is 23.2 Å². The molecule has 0 amide bonds. The molecule has 2 aromatic rings. The van der Waals surface area contributed by atoms with E-state index in [1.807, 2.05) is 53.4 Å². The number of thiocarbonyl (C=S) groups is 1. The van der Waals surface area contributed by atoms with E-state index in [4.69, 9.17) is 22.1 Å². The Bertz CT molecular complexity index is 815. The number of benzene rings is 2. The average molecular weight is 357 g/mol. The molecule has 6 heteroatoms. The number of thioether (sulfide) groups is 1. The molecule has 0 saturated carbocycles. The van der Waals surface area contributed by atoms with Gasteiger partial charge in [-0.3, -0.25) is 0 Å². The third kappa shape index (κ3) is 3.44. The predicted molar refractivity (Wildman–Crippen MR) is 99.8 cm³/mol. The number of aliphatic carboxylic acids is 1. The molecule has 0 radical (unpaired) electrons. The van der Waals surface area contributed by atoms with Crippen LogP contribution in [0, 0.1) is 0 Å². The Morgan fingerprint density at radius 1 is 1.25 bits per heavy atom. The number of carboxylic acid groups (broad SMARTS) is 1. The first-order valence-corrected chi connectivity index (χ1v) is 8.47. The molecule has 24 heavy (non-hydrogen) atoms. The van der Waals surface area contributed by atoms with Gasteiger partial charge in [-0.1, -0.05) is 48.2 Å². The molecule has 0 fully saturated rings. The summed E-state index contributed by atoms with van der Waals surface area (Å²) in [6.45, 7) is 0.567. The maximum atomic E-state index is 11.1. The minimum atomic E-state index is -0.997. The van der Waals surface area contributed by atoms with Crippen molar-refractivity contribution in [3.63, 3.8) is 0 Å². The molecule has 1 N–H and O–H groups in total. The lowest BCUT2D eigenvalue weighted by atomic mass is 10.1. The zero-order chi connectivity index (χ0) is 17.1. The van der Waals surface area contributed by atoms with E-state index in [1.54, 1.807) is 7.11 Å². The number of carbonyl (C=O) groups is 1. The Balaban J connectivity index is 1.97. The van der Waals surface area contributed by atoms with E-state index in [1.165, 1.54) is 17.8 Å². The molecule has 1 aliphatic heterocycles. The molecule has 0 saturated heterocycles. The second-order valence-electron chi connectivity index (χ2n) is 5.16. The molecule has 0 unspecified atom stereocenters. The fourth-order valence-electron chi connectivity index (χ4n) is 2.44. The van der Waals surface area contributed by atoms with Crippen LogP contribution in [0.3, 0.4) is 0 Å². The maximum Gasteiger partial charge on any atom is 0.329 e. The third-order valence-electron chi connectivity index (χ3n) is 3.59. The van der Waals surface area contributed by atoms with E-state index in [-0.39, 0.29) is 0 Å². The molecule has 3 rings (SSSR count).